The fourth-order valence-electron chi connectivity index (χ4n) is 2.55. The van der Waals surface area contributed by atoms with Crippen LogP contribution in [0.2, 0.25) is 0 Å². The van der Waals surface area contributed by atoms with Gasteiger partial charge in [0.1, 0.15) is 5.75 Å². The molecule has 0 unspecified atom stereocenters. The van der Waals surface area contributed by atoms with E-state index in [1.807, 2.05) is 61.8 Å². The van der Waals surface area contributed by atoms with Gasteiger partial charge in [0, 0.05) is 38.2 Å². The molecule has 0 atom stereocenters. The Morgan fingerprint density at radius 3 is 2.11 bits per heavy atom. The smallest absolute Gasteiger partial charge is 0.147 e. The van der Waals surface area contributed by atoms with E-state index in [0.717, 1.165) is 34.9 Å². The molecule has 27 heavy (non-hydrogen) atoms. The summed E-state index contributed by atoms with van der Waals surface area (Å²) < 4.78 is 0. The molecule has 0 bridgehead atoms. The van der Waals surface area contributed by atoms with Crippen molar-refractivity contribution in [1.82, 2.24) is 5.48 Å². The first-order valence-corrected chi connectivity index (χ1v) is 8.85. The summed E-state index contributed by atoms with van der Waals surface area (Å²) in [6.07, 6.45) is 1.88. The van der Waals surface area contributed by atoms with Crippen molar-refractivity contribution in [3.63, 3.8) is 0 Å². The Kier molecular flexibility index (Phi) is 6.44. The van der Waals surface area contributed by atoms with Crippen molar-refractivity contribution in [3.05, 3.63) is 83.9 Å². The van der Waals surface area contributed by atoms with E-state index in [1.165, 1.54) is 5.56 Å². The van der Waals surface area contributed by atoms with Crippen molar-refractivity contribution in [2.45, 2.75) is 6.54 Å². The van der Waals surface area contributed by atoms with Crippen molar-refractivity contribution in [2.24, 2.45) is 4.99 Å². The van der Waals surface area contributed by atoms with E-state index >= 15 is 0 Å². The topological polar surface area (TPSA) is 57.7 Å². The Morgan fingerprint density at radius 2 is 1.48 bits per heavy atom. The van der Waals surface area contributed by atoms with Crippen LogP contribution in [0.1, 0.15) is 11.1 Å². The fraction of sp³-hybridized carbons (Fsp3) is 0.136. The summed E-state index contributed by atoms with van der Waals surface area (Å²) in [7, 11) is 3.64. The number of hydrogen-bond donors (Lipinski definition) is 3. The number of benzene rings is 3. The van der Waals surface area contributed by atoms with Gasteiger partial charge < -0.3 is 15.5 Å². The molecule has 0 aliphatic rings. The van der Waals surface area contributed by atoms with Crippen molar-refractivity contribution in [3.8, 4) is 5.75 Å². The first-order valence-electron chi connectivity index (χ1n) is 8.85. The van der Waals surface area contributed by atoms with Gasteiger partial charge >= 0.3 is 0 Å². The molecule has 0 fully saturated rings. The fourth-order valence-corrected chi connectivity index (χ4v) is 2.55. The van der Waals surface area contributed by atoms with Crippen LogP contribution in [-0.4, -0.2) is 20.3 Å². The molecule has 0 radical (unpaired) electrons. The van der Waals surface area contributed by atoms with E-state index < -0.39 is 0 Å². The highest BCUT2D eigenvalue weighted by atomic mass is 16.6. The highest BCUT2D eigenvalue weighted by Gasteiger charge is 1.97. The van der Waals surface area contributed by atoms with Crippen LogP contribution >= 0.6 is 0 Å². The number of hydroxylamine groups is 1. The Balaban J connectivity index is 1.54. The third-order valence-electron chi connectivity index (χ3n) is 4.07. The van der Waals surface area contributed by atoms with Gasteiger partial charge in [0.05, 0.1) is 5.69 Å². The molecule has 3 aromatic carbocycles. The maximum Gasteiger partial charge on any atom is 0.147 e. The predicted octanol–water partition coefficient (Wildman–Crippen LogP) is 4.60. The van der Waals surface area contributed by atoms with Crippen LogP contribution in [0.25, 0.3) is 0 Å². The van der Waals surface area contributed by atoms with Crippen LogP contribution in [0, 0.1) is 0 Å². The lowest BCUT2D eigenvalue weighted by molar-refractivity contribution is 0.224. The molecule has 0 aliphatic heterocycles. The van der Waals surface area contributed by atoms with E-state index in [0.29, 0.717) is 0 Å². The Hall–Kier alpha value is -3.31. The zero-order valence-corrected chi connectivity index (χ0v) is 15.6. The minimum absolute atomic E-state index is 0.759. The molecule has 3 aromatic rings. The molecular formula is C22H24N4O. The standard InChI is InChI=1S/C22H24N4O/c1-23-19-7-9-20(10-8-19)25-15-17-3-5-18(6-4-17)16-26-21-11-13-22(14-12-21)27-24-2/h3-15,23-24,26H,16H2,1-2H3. The summed E-state index contributed by atoms with van der Waals surface area (Å²) in [4.78, 5) is 9.72. The minimum Gasteiger partial charge on any atom is -0.409 e. The lowest BCUT2D eigenvalue weighted by atomic mass is 10.1. The zero-order valence-electron chi connectivity index (χ0n) is 15.6. The summed E-state index contributed by atoms with van der Waals surface area (Å²) in [6.45, 7) is 0.759. The molecular weight excluding hydrogens is 336 g/mol. The predicted molar refractivity (Wildman–Crippen MR) is 113 cm³/mol. The van der Waals surface area contributed by atoms with Crippen LogP contribution in [0.15, 0.2) is 77.8 Å². The molecule has 3 N–H and O–H groups in total. The summed E-state index contributed by atoms with van der Waals surface area (Å²) in [5, 5.41) is 6.50. The van der Waals surface area contributed by atoms with E-state index in [4.69, 9.17) is 4.84 Å². The van der Waals surface area contributed by atoms with Crippen molar-refractivity contribution >= 4 is 23.3 Å². The van der Waals surface area contributed by atoms with E-state index in [1.54, 1.807) is 7.05 Å². The average Bonchev–Trinajstić information content (AvgIpc) is 2.73. The maximum atomic E-state index is 5.21. The first-order chi connectivity index (χ1) is 13.3. The third-order valence-corrected chi connectivity index (χ3v) is 4.07. The zero-order chi connectivity index (χ0) is 18.9. The summed E-state index contributed by atoms with van der Waals surface area (Å²) >= 11 is 0. The number of nitrogens with one attached hydrogen (secondary N) is 3. The number of aliphatic imine (C=N–C) groups is 1. The molecule has 5 heteroatoms. The monoisotopic (exact) mass is 360 g/mol. The van der Waals surface area contributed by atoms with Crippen LogP contribution in [-0.2, 0) is 6.54 Å². The Labute approximate surface area is 160 Å². The Morgan fingerprint density at radius 1 is 0.815 bits per heavy atom. The number of anilines is 2. The third kappa shape index (κ3) is 5.59. The van der Waals surface area contributed by atoms with Crippen LogP contribution in [0.5, 0.6) is 5.75 Å². The molecule has 5 nitrogen and oxygen atoms in total. The molecule has 0 aliphatic carbocycles. The van der Waals surface area contributed by atoms with Gasteiger partial charge in [0.15, 0.2) is 0 Å². The quantitative estimate of drug-likeness (QED) is 0.406. The lowest BCUT2D eigenvalue weighted by Crippen LogP contribution is -2.10. The maximum absolute atomic E-state index is 5.21. The van der Waals surface area contributed by atoms with E-state index in [-0.39, 0.29) is 0 Å². The van der Waals surface area contributed by atoms with Crippen molar-refractivity contribution < 1.29 is 4.84 Å². The lowest BCUT2D eigenvalue weighted by Gasteiger charge is -2.08. The van der Waals surface area contributed by atoms with Crippen molar-refractivity contribution in [2.75, 3.05) is 24.7 Å². The van der Waals surface area contributed by atoms with Crippen LogP contribution in [0.3, 0.4) is 0 Å². The normalized spacial score (nSPS) is 10.7. The largest absolute Gasteiger partial charge is 0.409 e. The van der Waals surface area contributed by atoms with Crippen LogP contribution < -0.4 is 21.0 Å². The highest BCUT2D eigenvalue weighted by Crippen LogP contribution is 2.17. The second-order valence-electron chi connectivity index (χ2n) is 5.98. The van der Waals surface area contributed by atoms with Gasteiger partial charge in [-0.15, -0.1) is 0 Å². The van der Waals surface area contributed by atoms with Gasteiger partial charge in [-0.2, -0.15) is 5.48 Å². The molecule has 0 saturated heterocycles. The summed E-state index contributed by atoms with van der Waals surface area (Å²) in [6, 6.07) is 24.2. The van der Waals surface area contributed by atoms with Crippen LogP contribution in [0.4, 0.5) is 17.1 Å². The van der Waals surface area contributed by atoms with Crippen molar-refractivity contribution in [1.29, 1.82) is 0 Å². The first kappa shape index (κ1) is 18.5. The minimum atomic E-state index is 0.759. The highest BCUT2D eigenvalue weighted by molar-refractivity contribution is 5.82. The van der Waals surface area contributed by atoms with Gasteiger partial charge in [-0.25, -0.2) is 0 Å². The van der Waals surface area contributed by atoms with Gasteiger partial charge in [0.25, 0.3) is 0 Å². The summed E-state index contributed by atoms with van der Waals surface area (Å²) in [5.41, 5.74) is 8.01. The number of nitrogens with zero attached hydrogens (tertiary/aromatic N) is 1. The number of rotatable bonds is 8. The second kappa shape index (κ2) is 9.40. The molecule has 0 saturated carbocycles. The molecule has 0 spiro atoms. The number of hydrogen-bond acceptors (Lipinski definition) is 5. The molecule has 0 amide bonds. The molecule has 0 aromatic heterocycles. The molecule has 138 valence electrons. The molecule has 0 heterocycles. The average molecular weight is 360 g/mol. The summed E-state index contributed by atoms with van der Waals surface area (Å²) in [5.74, 6) is 0.785. The van der Waals surface area contributed by atoms with Gasteiger partial charge in [-0.05, 0) is 59.7 Å². The van der Waals surface area contributed by atoms with E-state index in [9.17, 15) is 0 Å². The van der Waals surface area contributed by atoms with Gasteiger partial charge in [0.2, 0.25) is 0 Å². The molecule has 3 rings (SSSR count). The van der Waals surface area contributed by atoms with Gasteiger partial charge in [-0.1, -0.05) is 24.3 Å². The van der Waals surface area contributed by atoms with E-state index in [2.05, 4.69) is 45.4 Å². The second-order valence-corrected chi connectivity index (χ2v) is 5.98. The van der Waals surface area contributed by atoms with Gasteiger partial charge in [-0.3, -0.25) is 4.99 Å². The SMILES string of the molecule is CNOc1ccc(NCc2ccc(C=Nc3ccc(NC)cc3)cc2)cc1. The Bertz CT molecular complexity index is 856.